The molecule has 5 atom stereocenters. The normalized spacial score (nSPS) is 15.0. The SMILES string of the molecule is CC/C=C\C/C=C\C/C=C\C/C=C\CCCCCCCCC(=O)OCC(COP(=O)(O)OCC(O)COP(=O)(O)OCC(COC(=O)CCCC/C=C\C/C=C\C/C=C\C/C=C\CC)OC(=O)CCCC/C=C\C/C=C\C/C=C\C/C=C\CC)OC(=O)CCCC/C=C\C/C=C\C/C=C\C/C=C\CC. The molecule has 0 rings (SSSR count). The van der Waals surface area contributed by atoms with Gasteiger partial charge >= 0.3 is 39.5 Å². The number of hydrogen-bond acceptors (Lipinski definition) is 15. The fraction of sp³-hybridized carbons (Fsp3) is 0.576. The number of carbonyl (C=O) groups excluding carboxylic acids is 4. The lowest BCUT2D eigenvalue weighted by Crippen LogP contribution is -2.30. The maximum Gasteiger partial charge on any atom is 0.472 e. The summed E-state index contributed by atoms with van der Waals surface area (Å²) in [5.41, 5.74) is 0. The maximum absolute atomic E-state index is 13.1. The number of unbranched alkanes of at least 4 members (excludes halogenated alkanes) is 12. The van der Waals surface area contributed by atoms with Gasteiger partial charge < -0.3 is 33.8 Å². The van der Waals surface area contributed by atoms with Gasteiger partial charge in [0.15, 0.2) is 12.2 Å². The first-order chi connectivity index (χ1) is 50.7. The summed E-state index contributed by atoms with van der Waals surface area (Å²) >= 11 is 0. The third-order valence-electron chi connectivity index (χ3n) is 15.0. The molecule has 0 aliphatic heterocycles. The summed E-state index contributed by atoms with van der Waals surface area (Å²) in [6.07, 6.45) is 91.5. The molecular formula is C85H134O17P2. The lowest BCUT2D eigenvalue weighted by atomic mass is 10.1. The lowest BCUT2D eigenvalue weighted by molar-refractivity contribution is -0.161. The van der Waals surface area contributed by atoms with Crippen molar-refractivity contribution in [1.82, 2.24) is 0 Å². The topological polar surface area (TPSA) is 237 Å². The molecule has 0 aromatic heterocycles. The molecule has 0 spiro atoms. The Bertz CT molecular complexity index is 2740. The smallest absolute Gasteiger partial charge is 0.462 e. The van der Waals surface area contributed by atoms with E-state index < -0.39 is 97.5 Å². The number of rotatable bonds is 70. The van der Waals surface area contributed by atoms with Crippen molar-refractivity contribution in [1.29, 1.82) is 0 Å². The molecule has 17 nitrogen and oxygen atoms in total. The second-order valence-electron chi connectivity index (χ2n) is 24.8. The molecule has 0 fully saturated rings. The van der Waals surface area contributed by atoms with Crippen LogP contribution in [0.2, 0.25) is 0 Å². The molecule has 19 heteroatoms. The minimum absolute atomic E-state index is 0.0243. The Kier molecular flexibility index (Phi) is 70.7. The highest BCUT2D eigenvalue weighted by molar-refractivity contribution is 7.47. The van der Waals surface area contributed by atoms with Gasteiger partial charge in [-0.1, -0.05) is 248 Å². The Morgan fingerprint density at radius 3 is 0.740 bits per heavy atom. The van der Waals surface area contributed by atoms with Gasteiger partial charge in [0, 0.05) is 25.7 Å². The van der Waals surface area contributed by atoms with Crippen molar-refractivity contribution < 1.29 is 80.2 Å². The molecule has 0 heterocycles. The number of allylic oxidation sites excluding steroid dienone is 32. The minimum Gasteiger partial charge on any atom is -0.462 e. The predicted molar refractivity (Wildman–Crippen MR) is 426 cm³/mol. The van der Waals surface area contributed by atoms with E-state index in [0.717, 1.165) is 167 Å². The van der Waals surface area contributed by atoms with Crippen LogP contribution in [-0.4, -0.2) is 96.7 Å². The average Bonchev–Trinajstić information content (AvgIpc) is 0.918. The van der Waals surface area contributed by atoms with Gasteiger partial charge in [0.1, 0.15) is 19.3 Å². The zero-order valence-corrected chi connectivity index (χ0v) is 65.6. The van der Waals surface area contributed by atoms with Crippen molar-refractivity contribution in [3.05, 3.63) is 194 Å². The van der Waals surface area contributed by atoms with Crippen LogP contribution in [0.3, 0.4) is 0 Å². The number of phosphoric acid groups is 2. The van der Waals surface area contributed by atoms with Gasteiger partial charge in [-0.25, -0.2) is 9.13 Å². The Labute approximate surface area is 627 Å². The van der Waals surface area contributed by atoms with E-state index in [9.17, 15) is 43.2 Å². The molecule has 0 bridgehead atoms. The van der Waals surface area contributed by atoms with Gasteiger partial charge in [0.05, 0.1) is 26.4 Å². The number of carbonyl (C=O) groups is 4. The number of aliphatic hydroxyl groups excluding tert-OH is 1. The van der Waals surface area contributed by atoms with Gasteiger partial charge in [-0.15, -0.1) is 0 Å². The second kappa shape index (κ2) is 75.1. The number of aliphatic hydroxyl groups is 1. The van der Waals surface area contributed by atoms with E-state index in [2.05, 4.69) is 222 Å². The molecule has 104 heavy (non-hydrogen) atoms. The first-order valence-electron chi connectivity index (χ1n) is 38.7. The van der Waals surface area contributed by atoms with Crippen LogP contribution < -0.4 is 0 Å². The quantitative estimate of drug-likeness (QED) is 0.0169. The van der Waals surface area contributed by atoms with Crippen molar-refractivity contribution in [2.45, 2.75) is 277 Å². The minimum atomic E-state index is -5.01. The third-order valence-corrected chi connectivity index (χ3v) is 16.9. The Hall–Kier alpha value is -6.10. The van der Waals surface area contributed by atoms with E-state index in [-0.39, 0.29) is 25.7 Å². The molecule has 0 saturated carbocycles. The predicted octanol–water partition coefficient (Wildman–Crippen LogP) is 22.5. The van der Waals surface area contributed by atoms with Gasteiger partial charge in [-0.2, -0.15) is 0 Å². The van der Waals surface area contributed by atoms with Crippen LogP contribution in [0.4, 0.5) is 0 Å². The molecule has 0 saturated heterocycles. The summed E-state index contributed by atoms with van der Waals surface area (Å²) in [6.45, 7) is 4.21. The van der Waals surface area contributed by atoms with E-state index in [0.29, 0.717) is 38.5 Å². The summed E-state index contributed by atoms with van der Waals surface area (Å²) in [7, 11) is -10.0. The van der Waals surface area contributed by atoms with Crippen LogP contribution in [0.1, 0.15) is 259 Å². The maximum atomic E-state index is 13.1. The fourth-order valence-corrected chi connectivity index (χ4v) is 10.9. The molecule has 5 unspecified atom stereocenters. The molecule has 0 radical (unpaired) electrons. The number of esters is 4. The van der Waals surface area contributed by atoms with Crippen LogP contribution in [0.15, 0.2) is 194 Å². The summed E-state index contributed by atoms with van der Waals surface area (Å²) in [6, 6.07) is 0. The molecule has 586 valence electrons. The van der Waals surface area contributed by atoms with Crippen LogP contribution in [0, 0.1) is 0 Å². The van der Waals surface area contributed by atoms with Gasteiger partial charge in [-0.05, 0) is 180 Å². The average molecular weight is 1490 g/mol. The first-order valence-corrected chi connectivity index (χ1v) is 41.7. The Morgan fingerprint density at radius 2 is 0.471 bits per heavy atom. The van der Waals surface area contributed by atoms with Gasteiger partial charge in [-0.3, -0.25) is 37.3 Å². The summed E-state index contributed by atoms with van der Waals surface area (Å²) in [5.74, 6) is -2.36. The number of hydrogen-bond donors (Lipinski definition) is 3. The van der Waals surface area contributed by atoms with Crippen LogP contribution >= 0.6 is 15.6 Å². The van der Waals surface area contributed by atoms with E-state index in [4.69, 9.17) is 37.0 Å². The largest absolute Gasteiger partial charge is 0.472 e. The summed E-state index contributed by atoms with van der Waals surface area (Å²) < 4.78 is 68.4. The zero-order chi connectivity index (χ0) is 76.0. The molecule has 0 aliphatic rings. The van der Waals surface area contributed by atoms with Crippen molar-refractivity contribution in [3.63, 3.8) is 0 Å². The summed E-state index contributed by atoms with van der Waals surface area (Å²) in [5, 5.41) is 10.6. The highest BCUT2D eigenvalue weighted by Gasteiger charge is 2.30. The van der Waals surface area contributed by atoms with Crippen molar-refractivity contribution in [2.24, 2.45) is 0 Å². The first kappa shape index (κ1) is 97.9. The molecular weight excluding hydrogens is 1350 g/mol. The standard InChI is InChI=1S/C85H134O17P2/c1-5-9-13-17-21-25-29-33-37-38-39-40-44-46-50-54-58-62-66-70-83(88)96-76-81(102-85(90)72-68-64-60-56-52-48-43-36-32-28-24-20-16-12-8-4)78-100-104(93,94)98-74-79(86)73-97-103(91,92)99-77-80(101-84(89)71-67-63-59-55-51-47-42-35-31-27-23-19-15-11-7-3)75-95-82(87)69-65-61-57-53-49-45-41-34-30-26-22-18-14-10-6-2/h9-16,21-28,33-37,39-43,49,51-53,55-56,79-81,86H,5-8,17-20,29-32,38,44-48,50,54,57-78H2,1-4H3,(H,91,92)(H,93,94)/b13-9-,14-10-,15-11-,16-12-,25-21-,26-22-,27-23-,28-24-,37-33-,40-39-,41-34-,42-35-,43-36-,53-49-,55-51-,56-52-. The summed E-state index contributed by atoms with van der Waals surface area (Å²) in [4.78, 5) is 72.9. The molecule has 0 aromatic carbocycles. The third kappa shape index (κ3) is 74.2. The van der Waals surface area contributed by atoms with E-state index >= 15 is 0 Å². The molecule has 3 N–H and O–H groups in total. The monoisotopic (exact) mass is 1490 g/mol. The zero-order valence-electron chi connectivity index (χ0n) is 63.9. The van der Waals surface area contributed by atoms with Crippen LogP contribution in [0.25, 0.3) is 0 Å². The lowest BCUT2D eigenvalue weighted by Gasteiger charge is -2.21. The molecule has 0 aliphatic carbocycles. The number of ether oxygens (including phenoxy) is 4. The number of phosphoric ester groups is 2. The van der Waals surface area contributed by atoms with Gasteiger partial charge in [0.25, 0.3) is 0 Å². The fourth-order valence-electron chi connectivity index (χ4n) is 9.30. The highest BCUT2D eigenvalue weighted by atomic mass is 31.2. The van der Waals surface area contributed by atoms with Crippen molar-refractivity contribution in [2.75, 3.05) is 39.6 Å². The van der Waals surface area contributed by atoms with Crippen molar-refractivity contribution >= 4 is 39.5 Å². The van der Waals surface area contributed by atoms with Gasteiger partial charge in [0.2, 0.25) is 0 Å². The van der Waals surface area contributed by atoms with E-state index in [1.54, 1.807) is 0 Å². The van der Waals surface area contributed by atoms with Crippen LogP contribution in [-0.2, 0) is 65.4 Å². The van der Waals surface area contributed by atoms with Crippen molar-refractivity contribution in [3.8, 4) is 0 Å². The Balaban J connectivity index is 5.49. The highest BCUT2D eigenvalue weighted by Crippen LogP contribution is 2.45. The van der Waals surface area contributed by atoms with E-state index in [1.807, 2.05) is 0 Å². The van der Waals surface area contributed by atoms with E-state index in [1.165, 1.54) is 0 Å². The Morgan fingerprint density at radius 1 is 0.269 bits per heavy atom. The molecule has 0 aromatic rings. The second-order valence-corrected chi connectivity index (χ2v) is 27.7. The van der Waals surface area contributed by atoms with Crippen LogP contribution in [0.5, 0.6) is 0 Å². The molecule has 0 amide bonds.